The molecule has 4 rings (SSSR count). The number of Topliss-reactive ketones (excluding diaryl/α,β-unsaturated/α-hetero) is 1. The molecule has 0 fully saturated rings. The third-order valence-electron chi connectivity index (χ3n) is 8.06. The highest BCUT2D eigenvalue weighted by Gasteiger charge is 2.52. The highest BCUT2D eigenvalue weighted by molar-refractivity contribution is 6.12. The molecule has 0 saturated carbocycles. The van der Waals surface area contributed by atoms with E-state index in [2.05, 4.69) is 5.32 Å². The quantitative estimate of drug-likeness (QED) is 0.0766. The lowest BCUT2D eigenvalue weighted by Crippen LogP contribution is -2.50. The second-order valence-corrected chi connectivity index (χ2v) is 11.8. The molecule has 0 heterocycles. The topological polar surface area (TPSA) is 145 Å². The average Bonchev–Trinajstić information content (AvgIpc) is 3.13. The molecule has 11 heteroatoms. The Bertz CT molecular complexity index is 1900. The van der Waals surface area contributed by atoms with E-state index in [0.29, 0.717) is 22.3 Å². The molecule has 0 aliphatic rings. The van der Waals surface area contributed by atoms with Gasteiger partial charge in [0.05, 0.1) is 30.9 Å². The minimum Gasteiger partial charge on any atom is -0.465 e. The van der Waals surface area contributed by atoms with E-state index in [0.717, 1.165) is 5.56 Å². The van der Waals surface area contributed by atoms with Crippen LogP contribution in [0.2, 0.25) is 0 Å². The summed E-state index contributed by atoms with van der Waals surface area (Å²) in [5.41, 5.74) is 1.14. The molecule has 0 saturated heterocycles. The number of rotatable bonds is 14. The zero-order valence-corrected chi connectivity index (χ0v) is 29.2. The minimum absolute atomic E-state index is 0.0217. The van der Waals surface area contributed by atoms with E-state index in [9.17, 15) is 28.8 Å². The highest BCUT2D eigenvalue weighted by Crippen LogP contribution is 2.30. The number of hydrogen-bond donors (Lipinski definition) is 1. The van der Waals surface area contributed by atoms with Crippen LogP contribution in [0.25, 0.3) is 11.1 Å². The van der Waals surface area contributed by atoms with Crippen LogP contribution < -0.4 is 5.32 Å². The van der Waals surface area contributed by atoms with E-state index in [4.69, 9.17) is 14.2 Å². The summed E-state index contributed by atoms with van der Waals surface area (Å²) in [5.74, 6) is -3.60. The number of nitrogens with one attached hydrogen (secondary N) is 1. The van der Waals surface area contributed by atoms with E-state index in [-0.39, 0.29) is 42.2 Å². The zero-order valence-electron chi connectivity index (χ0n) is 29.2. The van der Waals surface area contributed by atoms with Gasteiger partial charge in [0.15, 0.2) is 5.78 Å². The molecule has 51 heavy (non-hydrogen) atoms. The summed E-state index contributed by atoms with van der Waals surface area (Å²) in [4.78, 5) is 79.9. The third kappa shape index (κ3) is 8.74. The van der Waals surface area contributed by atoms with Crippen LogP contribution in [0.3, 0.4) is 0 Å². The molecule has 0 aliphatic heterocycles. The van der Waals surface area contributed by atoms with Crippen LogP contribution in [0.4, 0.5) is 5.69 Å². The standard InChI is InChI=1S/C40H40N2O9/c1-6-49-38(47)40(39(48)50-7-2,30-13-9-8-10-14-30)25-51-35(44)24-27-17-22-34(33(23-27)37(46)42(4)5)41-36(45)32-16-12-11-15-31(32)29-20-18-28(19-21-29)26(3)43/h8-23H,6-7,24-25H2,1-5H3,(H,41,45). The molecule has 0 aliphatic carbocycles. The van der Waals surface area contributed by atoms with E-state index < -0.39 is 41.7 Å². The van der Waals surface area contributed by atoms with E-state index >= 15 is 0 Å². The zero-order chi connectivity index (χ0) is 37.1. The first-order chi connectivity index (χ1) is 24.4. The number of esters is 3. The van der Waals surface area contributed by atoms with E-state index in [1.165, 1.54) is 24.0 Å². The lowest BCUT2D eigenvalue weighted by atomic mass is 9.81. The van der Waals surface area contributed by atoms with Gasteiger partial charge < -0.3 is 24.4 Å². The van der Waals surface area contributed by atoms with Gasteiger partial charge in [-0.15, -0.1) is 0 Å². The van der Waals surface area contributed by atoms with Crippen molar-refractivity contribution in [1.82, 2.24) is 4.90 Å². The Labute approximate surface area is 296 Å². The number of carbonyl (C=O) groups is 6. The summed E-state index contributed by atoms with van der Waals surface area (Å²) in [5, 5.41) is 2.84. The number of ether oxygens (including phenoxy) is 3. The van der Waals surface area contributed by atoms with Gasteiger partial charge >= 0.3 is 17.9 Å². The number of carbonyl (C=O) groups excluding carboxylic acids is 6. The van der Waals surface area contributed by atoms with Gasteiger partial charge in [-0.2, -0.15) is 0 Å². The predicted molar refractivity (Wildman–Crippen MR) is 190 cm³/mol. The van der Waals surface area contributed by atoms with E-state index in [1.807, 2.05) is 0 Å². The second-order valence-electron chi connectivity index (χ2n) is 11.8. The number of benzene rings is 4. The summed E-state index contributed by atoms with van der Waals surface area (Å²) in [7, 11) is 3.12. The minimum atomic E-state index is -2.06. The molecule has 0 unspecified atom stereocenters. The largest absolute Gasteiger partial charge is 0.465 e. The molecule has 1 N–H and O–H groups in total. The van der Waals surface area contributed by atoms with Gasteiger partial charge in [-0.05, 0) is 61.2 Å². The third-order valence-corrected chi connectivity index (χ3v) is 8.06. The summed E-state index contributed by atoms with van der Waals surface area (Å²) in [6, 6.07) is 26.5. The molecular weight excluding hydrogens is 652 g/mol. The van der Waals surface area contributed by atoms with Crippen LogP contribution in [0.5, 0.6) is 0 Å². The number of nitrogens with zero attached hydrogens (tertiary/aromatic N) is 1. The number of amides is 2. The van der Waals surface area contributed by atoms with Gasteiger partial charge in [-0.3, -0.25) is 28.8 Å². The van der Waals surface area contributed by atoms with Crippen molar-refractivity contribution < 1.29 is 43.0 Å². The number of hydrogen-bond acceptors (Lipinski definition) is 9. The van der Waals surface area contributed by atoms with Gasteiger partial charge in [0.2, 0.25) is 5.41 Å². The van der Waals surface area contributed by atoms with Crippen molar-refractivity contribution in [1.29, 1.82) is 0 Å². The Morgan fingerprint density at radius 2 is 1.31 bits per heavy atom. The number of ketones is 1. The molecule has 0 radical (unpaired) electrons. The normalized spacial score (nSPS) is 10.8. The summed E-state index contributed by atoms with van der Waals surface area (Å²) >= 11 is 0. The van der Waals surface area contributed by atoms with Gasteiger partial charge in [-0.25, -0.2) is 0 Å². The molecule has 11 nitrogen and oxygen atoms in total. The highest BCUT2D eigenvalue weighted by atomic mass is 16.6. The fraction of sp³-hybridized carbons (Fsp3) is 0.250. The first-order valence-electron chi connectivity index (χ1n) is 16.3. The van der Waals surface area contributed by atoms with Crippen molar-refractivity contribution in [3.05, 3.63) is 125 Å². The maximum Gasteiger partial charge on any atom is 0.331 e. The second kappa shape index (κ2) is 17.0. The van der Waals surface area contributed by atoms with Crippen molar-refractivity contribution >= 4 is 41.2 Å². The summed E-state index contributed by atoms with van der Waals surface area (Å²) in [6.45, 7) is 3.95. The van der Waals surface area contributed by atoms with Gasteiger partial charge in [-0.1, -0.05) is 78.9 Å². The number of anilines is 1. The molecule has 2 amide bonds. The Morgan fingerprint density at radius 1 is 0.706 bits per heavy atom. The smallest absolute Gasteiger partial charge is 0.331 e. The maximum absolute atomic E-state index is 13.7. The fourth-order valence-electron chi connectivity index (χ4n) is 5.39. The van der Waals surface area contributed by atoms with Crippen molar-refractivity contribution in [2.24, 2.45) is 0 Å². The van der Waals surface area contributed by atoms with Crippen LogP contribution >= 0.6 is 0 Å². The Kier molecular flexibility index (Phi) is 12.6. The van der Waals surface area contributed by atoms with Gasteiger partial charge in [0.25, 0.3) is 11.8 Å². The first-order valence-corrected chi connectivity index (χ1v) is 16.3. The molecule has 0 aromatic heterocycles. The molecule has 264 valence electrons. The van der Waals surface area contributed by atoms with Gasteiger partial charge in [0.1, 0.15) is 6.61 Å². The Balaban J connectivity index is 1.60. The lowest BCUT2D eigenvalue weighted by Gasteiger charge is -2.29. The van der Waals surface area contributed by atoms with Crippen LogP contribution in [0.1, 0.15) is 63.0 Å². The van der Waals surface area contributed by atoms with Crippen LogP contribution in [-0.4, -0.2) is 74.3 Å². The SMILES string of the molecule is CCOC(=O)C(COC(=O)Cc1ccc(NC(=O)c2ccccc2-c2ccc(C(C)=O)cc2)c(C(=O)N(C)C)c1)(C(=O)OCC)c1ccccc1. The first kappa shape index (κ1) is 37.7. The fourth-order valence-corrected chi connectivity index (χ4v) is 5.39. The summed E-state index contributed by atoms with van der Waals surface area (Å²) < 4.78 is 16.0. The van der Waals surface area contributed by atoms with Crippen LogP contribution in [-0.2, 0) is 40.4 Å². The Morgan fingerprint density at radius 3 is 1.90 bits per heavy atom. The average molecular weight is 693 g/mol. The predicted octanol–water partition coefficient (Wildman–Crippen LogP) is 5.66. The van der Waals surface area contributed by atoms with Crippen molar-refractivity contribution in [3.8, 4) is 11.1 Å². The van der Waals surface area contributed by atoms with Crippen molar-refractivity contribution in [2.45, 2.75) is 32.6 Å². The Hall–Kier alpha value is -6.10. The molecule has 0 atom stereocenters. The molecule has 4 aromatic carbocycles. The van der Waals surface area contributed by atoms with Crippen molar-refractivity contribution in [3.63, 3.8) is 0 Å². The summed E-state index contributed by atoms with van der Waals surface area (Å²) in [6.07, 6.45) is -0.322. The van der Waals surface area contributed by atoms with Crippen molar-refractivity contribution in [2.75, 3.05) is 39.2 Å². The molecule has 0 bridgehead atoms. The molecular formula is C40H40N2O9. The molecule has 0 spiro atoms. The molecule has 4 aromatic rings. The van der Waals surface area contributed by atoms with Crippen LogP contribution in [0.15, 0.2) is 97.1 Å². The lowest BCUT2D eigenvalue weighted by molar-refractivity contribution is -0.170. The maximum atomic E-state index is 13.7. The van der Waals surface area contributed by atoms with E-state index in [1.54, 1.807) is 113 Å². The van der Waals surface area contributed by atoms with Crippen LogP contribution in [0, 0.1) is 0 Å². The van der Waals surface area contributed by atoms with Gasteiger partial charge in [0, 0.05) is 25.2 Å². The monoisotopic (exact) mass is 692 g/mol.